The number of amides is 1. The molecule has 0 radical (unpaired) electrons. The monoisotopic (exact) mass is 487 g/mol. The summed E-state index contributed by atoms with van der Waals surface area (Å²) in [6.45, 7) is -0.405. The number of hydrogen-bond acceptors (Lipinski definition) is 4. The first-order valence-electron chi connectivity index (χ1n) is 11.8. The predicted molar refractivity (Wildman–Crippen MR) is 140 cm³/mol. The van der Waals surface area contributed by atoms with Gasteiger partial charge >= 0.3 is 0 Å². The molecule has 0 spiro atoms. The average Bonchev–Trinajstić information content (AvgIpc) is 3.27. The van der Waals surface area contributed by atoms with Gasteiger partial charge < -0.3 is 19.9 Å². The van der Waals surface area contributed by atoms with Gasteiger partial charge in [0, 0.05) is 19.2 Å². The van der Waals surface area contributed by atoms with Crippen LogP contribution >= 0.6 is 0 Å². The minimum absolute atomic E-state index is 0.151. The molecule has 0 saturated carbocycles. The molecule has 4 aromatic rings. The zero-order valence-corrected chi connectivity index (χ0v) is 20.4. The normalized spacial score (nSPS) is 11.8. The number of aryl methyl sites for hydroxylation is 1. The molecule has 1 heterocycles. The van der Waals surface area contributed by atoms with Crippen LogP contribution in [-0.2, 0) is 7.05 Å². The van der Waals surface area contributed by atoms with E-state index in [1.54, 1.807) is 7.11 Å². The summed E-state index contributed by atoms with van der Waals surface area (Å²) >= 11 is 0. The Morgan fingerprint density at radius 1 is 1.06 bits per heavy atom. The van der Waals surface area contributed by atoms with E-state index in [4.69, 9.17) is 15.1 Å². The van der Waals surface area contributed by atoms with Crippen molar-refractivity contribution in [2.75, 3.05) is 20.3 Å². The number of carbonyl (C=O) groups excluding carboxylic acids is 1. The SMILES string of the molecule is COc1cccc2c1nc([C@H](CCCNC(=N)CF)NC(=O)c1ccc(-c3ccccc3)cc1)n2C. The third-order valence-electron chi connectivity index (χ3n) is 6.14. The Morgan fingerprint density at radius 2 is 1.78 bits per heavy atom. The summed E-state index contributed by atoms with van der Waals surface area (Å²) in [6.07, 6.45) is 1.17. The Kier molecular flexibility index (Phi) is 7.95. The van der Waals surface area contributed by atoms with E-state index in [0.717, 1.165) is 22.2 Å². The fourth-order valence-corrected chi connectivity index (χ4v) is 4.23. The van der Waals surface area contributed by atoms with Crippen LogP contribution in [0, 0.1) is 5.41 Å². The molecule has 0 fully saturated rings. The van der Waals surface area contributed by atoms with Gasteiger partial charge in [0.15, 0.2) is 0 Å². The van der Waals surface area contributed by atoms with Gasteiger partial charge in [-0.1, -0.05) is 48.5 Å². The van der Waals surface area contributed by atoms with Gasteiger partial charge in [0.25, 0.3) is 5.91 Å². The van der Waals surface area contributed by atoms with Crippen molar-refractivity contribution in [2.24, 2.45) is 7.05 Å². The molecule has 0 aliphatic heterocycles. The summed E-state index contributed by atoms with van der Waals surface area (Å²) in [5, 5.41) is 13.3. The Hall–Kier alpha value is -4.20. The van der Waals surface area contributed by atoms with Crippen LogP contribution in [0.25, 0.3) is 22.2 Å². The number of fused-ring (bicyclic) bond motifs is 1. The first kappa shape index (κ1) is 24.9. The van der Waals surface area contributed by atoms with Crippen LogP contribution in [0.1, 0.15) is 35.1 Å². The lowest BCUT2D eigenvalue weighted by molar-refractivity contribution is 0.0932. The van der Waals surface area contributed by atoms with Crippen LogP contribution in [0.15, 0.2) is 72.8 Å². The second-order valence-electron chi connectivity index (χ2n) is 8.51. The zero-order chi connectivity index (χ0) is 25.5. The topological polar surface area (TPSA) is 92.0 Å². The molecule has 1 atom stereocenters. The number of methoxy groups -OCH3 is 1. The summed E-state index contributed by atoms with van der Waals surface area (Å²) in [5.41, 5.74) is 4.29. The minimum atomic E-state index is -0.830. The van der Waals surface area contributed by atoms with E-state index in [1.165, 1.54) is 0 Å². The van der Waals surface area contributed by atoms with E-state index >= 15 is 0 Å². The summed E-state index contributed by atoms with van der Waals surface area (Å²) in [7, 11) is 3.52. The van der Waals surface area contributed by atoms with Crippen molar-refractivity contribution in [3.8, 4) is 16.9 Å². The lowest BCUT2D eigenvalue weighted by Crippen LogP contribution is -2.31. The second-order valence-corrected chi connectivity index (χ2v) is 8.51. The third kappa shape index (κ3) is 5.54. The first-order valence-corrected chi connectivity index (χ1v) is 11.8. The molecule has 0 unspecified atom stereocenters. The number of carbonyl (C=O) groups is 1. The molecule has 4 rings (SSSR count). The number of hydrogen-bond donors (Lipinski definition) is 3. The van der Waals surface area contributed by atoms with Crippen molar-refractivity contribution in [3.63, 3.8) is 0 Å². The average molecular weight is 488 g/mol. The maximum atomic E-state index is 13.2. The maximum Gasteiger partial charge on any atom is 0.251 e. The minimum Gasteiger partial charge on any atom is -0.494 e. The van der Waals surface area contributed by atoms with Crippen molar-refractivity contribution in [2.45, 2.75) is 18.9 Å². The predicted octanol–water partition coefficient (Wildman–Crippen LogP) is 5.04. The van der Waals surface area contributed by atoms with Gasteiger partial charge in [-0.15, -0.1) is 0 Å². The molecule has 0 saturated heterocycles. The third-order valence-corrected chi connectivity index (χ3v) is 6.14. The van der Waals surface area contributed by atoms with Crippen molar-refractivity contribution >= 4 is 22.8 Å². The Labute approximate surface area is 209 Å². The Balaban J connectivity index is 1.57. The van der Waals surface area contributed by atoms with Crippen molar-refractivity contribution < 1.29 is 13.9 Å². The molecule has 8 heteroatoms. The molecule has 1 aromatic heterocycles. The van der Waals surface area contributed by atoms with Crippen LogP contribution in [-0.4, -0.2) is 41.6 Å². The van der Waals surface area contributed by atoms with Gasteiger partial charge in [-0.3, -0.25) is 10.2 Å². The molecule has 0 aliphatic rings. The van der Waals surface area contributed by atoms with E-state index < -0.39 is 12.7 Å². The lowest BCUT2D eigenvalue weighted by atomic mass is 10.0. The molecule has 36 heavy (non-hydrogen) atoms. The highest BCUT2D eigenvalue weighted by atomic mass is 19.1. The van der Waals surface area contributed by atoms with E-state index in [0.29, 0.717) is 36.5 Å². The number of benzene rings is 3. The largest absolute Gasteiger partial charge is 0.494 e. The van der Waals surface area contributed by atoms with Crippen LogP contribution in [0.2, 0.25) is 0 Å². The quantitative estimate of drug-likeness (QED) is 0.166. The highest BCUT2D eigenvalue weighted by Gasteiger charge is 2.22. The number of ether oxygens (including phenoxy) is 1. The summed E-state index contributed by atoms with van der Waals surface area (Å²) in [6, 6.07) is 22.8. The van der Waals surface area contributed by atoms with Gasteiger partial charge in [-0.2, -0.15) is 0 Å². The van der Waals surface area contributed by atoms with E-state index in [2.05, 4.69) is 10.6 Å². The number of nitrogens with one attached hydrogen (secondary N) is 3. The first-order chi connectivity index (χ1) is 17.5. The summed E-state index contributed by atoms with van der Waals surface area (Å²) in [5.74, 6) is 1.00. The molecular weight excluding hydrogens is 457 g/mol. The molecule has 7 nitrogen and oxygen atoms in total. The van der Waals surface area contributed by atoms with Gasteiger partial charge in [0.1, 0.15) is 29.6 Å². The smallest absolute Gasteiger partial charge is 0.251 e. The standard InChI is InChI=1S/C28H30FN5O2/c1-34-23-11-6-12-24(36-2)26(23)33-27(34)22(10-7-17-31-25(30)18-29)32-28(35)21-15-13-20(14-16-21)19-8-4-3-5-9-19/h3-6,8-9,11-16,22H,7,10,17-18H2,1-2H3,(H2,30,31)(H,32,35)/t22-/m0/s1. The fourth-order valence-electron chi connectivity index (χ4n) is 4.23. The summed E-state index contributed by atoms with van der Waals surface area (Å²) < 4.78 is 20.0. The fraction of sp³-hybridized carbons (Fsp3) is 0.250. The molecule has 1 amide bonds. The molecule has 0 bridgehead atoms. The Morgan fingerprint density at radius 3 is 2.47 bits per heavy atom. The van der Waals surface area contributed by atoms with E-state index in [1.807, 2.05) is 84.4 Å². The van der Waals surface area contributed by atoms with Crippen LogP contribution in [0.3, 0.4) is 0 Å². The van der Waals surface area contributed by atoms with Gasteiger partial charge in [-0.05, 0) is 48.2 Å². The number of imidazole rings is 1. The molecular formula is C28H30FN5O2. The lowest BCUT2D eigenvalue weighted by Gasteiger charge is -2.19. The molecule has 3 N–H and O–H groups in total. The number of nitrogens with zero attached hydrogens (tertiary/aromatic N) is 2. The number of aromatic nitrogens is 2. The zero-order valence-electron chi connectivity index (χ0n) is 20.4. The van der Waals surface area contributed by atoms with Crippen molar-refractivity contribution in [1.82, 2.24) is 20.2 Å². The van der Waals surface area contributed by atoms with Crippen LogP contribution in [0.5, 0.6) is 5.75 Å². The Bertz CT molecular complexity index is 1340. The number of alkyl halides is 1. The molecule has 3 aromatic carbocycles. The number of rotatable bonds is 10. The summed E-state index contributed by atoms with van der Waals surface area (Å²) in [4.78, 5) is 18.1. The van der Waals surface area contributed by atoms with E-state index in [-0.39, 0.29) is 11.7 Å². The van der Waals surface area contributed by atoms with Gasteiger partial charge in [-0.25, -0.2) is 9.37 Å². The van der Waals surface area contributed by atoms with Crippen molar-refractivity contribution in [1.29, 1.82) is 5.41 Å². The highest BCUT2D eigenvalue weighted by molar-refractivity contribution is 5.95. The number of para-hydroxylation sites is 1. The number of halogens is 1. The molecule has 0 aliphatic carbocycles. The van der Waals surface area contributed by atoms with Crippen LogP contribution < -0.4 is 15.4 Å². The molecule has 186 valence electrons. The number of amidine groups is 1. The second kappa shape index (κ2) is 11.5. The van der Waals surface area contributed by atoms with Crippen molar-refractivity contribution in [3.05, 3.63) is 84.2 Å². The maximum absolute atomic E-state index is 13.2. The van der Waals surface area contributed by atoms with Gasteiger partial charge in [0.05, 0.1) is 18.7 Å². The van der Waals surface area contributed by atoms with E-state index in [9.17, 15) is 9.18 Å². The highest BCUT2D eigenvalue weighted by Crippen LogP contribution is 2.29. The van der Waals surface area contributed by atoms with Crippen LogP contribution in [0.4, 0.5) is 4.39 Å². The van der Waals surface area contributed by atoms with Gasteiger partial charge in [0.2, 0.25) is 0 Å².